The van der Waals surface area contributed by atoms with Gasteiger partial charge in [0.1, 0.15) is 24.0 Å². The number of amides is 1. The quantitative estimate of drug-likeness (QED) is 0.299. The van der Waals surface area contributed by atoms with Crippen molar-refractivity contribution in [1.82, 2.24) is 15.2 Å². The molecule has 0 aliphatic carbocycles. The van der Waals surface area contributed by atoms with Gasteiger partial charge in [-0.3, -0.25) is 9.89 Å². The van der Waals surface area contributed by atoms with Crippen LogP contribution in [0.1, 0.15) is 23.9 Å². The summed E-state index contributed by atoms with van der Waals surface area (Å²) in [6.45, 7) is 2.28. The third-order valence-electron chi connectivity index (χ3n) is 4.81. The molecule has 6 nitrogen and oxygen atoms in total. The van der Waals surface area contributed by atoms with Gasteiger partial charge >= 0.3 is 0 Å². The van der Waals surface area contributed by atoms with Gasteiger partial charge in [0, 0.05) is 5.69 Å². The van der Waals surface area contributed by atoms with E-state index in [9.17, 15) is 9.18 Å². The summed E-state index contributed by atoms with van der Waals surface area (Å²) < 4.78 is 18.8. The Bertz CT molecular complexity index is 1240. The van der Waals surface area contributed by atoms with Crippen molar-refractivity contribution in [2.24, 2.45) is 0 Å². The molecule has 0 bridgehead atoms. The van der Waals surface area contributed by atoms with Gasteiger partial charge in [0.2, 0.25) is 11.1 Å². The van der Waals surface area contributed by atoms with Crippen LogP contribution in [0.2, 0.25) is 0 Å². The second-order valence-electron chi connectivity index (χ2n) is 7.44. The van der Waals surface area contributed by atoms with Crippen LogP contribution in [0.5, 0.6) is 5.75 Å². The lowest BCUT2D eigenvalue weighted by atomic mass is 10.2. The van der Waals surface area contributed by atoms with Crippen molar-refractivity contribution in [3.8, 4) is 5.75 Å². The van der Waals surface area contributed by atoms with E-state index >= 15 is 0 Å². The fourth-order valence-corrected chi connectivity index (χ4v) is 3.70. The number of nitrogens with one attached hydrogen (secondary N) is 2. The van der Waals surface area contributed by atoms with E-state index in [-0.39, 0.29) is 11.7 Å². The first kappa shape index (κ1) is 23.3. The Morgan fingerprint density at radius 2 is 1.79 bits per heavy atom. The molecule has 0 fully saturated rings. The first-order valence-electron chi connectivity index (χ1n) is 10.7. The molecule has 4 aromatic rings. The topological polar surface area (TPSA) is 79.9 Å². The van der Waals surface area contributed by atoms with Crippen molar-refractivity contribution in [2.75, 3.05) is 5.32 Å². The summed E-state index contributed by atoms with van der Waals surface area (Å²) in [5.74, 6) is 0.836. The largest absolute Gasteiger partial charge is 0.489 e. The number of aromatic nitrogens is 3. The molecular formula is C26H23FN4O2S. The number of rotatable bonds is 9. The number of aromatic amines is 1. The van der Waals surface area contributed by atoms with Gasteiger partial charge in [-0.2, -0.15) is 0 Å². The molecule has 0 aliphatic heterocycles. The van der Waals surface area contributed by atoms with E-state index in [2.05, 4.69) is 20.5 Å². The molecule has 1 unspecified atom stereocenters. The number of nitrogens with zero attached hydrogens (tertiary/aromatic N) is 2. The summed E-state index contributed by atoms with van der Waals surface area (Å²) in [6, 6.07) is 23.3. The van der Waals surface area contributed by atoms with E-state index < -0.39 is 5.25 Å². The van der Waals surface area contributed by atoms with Gasteiger partial charge in [0.25, 0.3) is 0 Å². The number of hydrogen-bond donors (Lipinski definition) is 2. The number of thioether (sulfide) groups is 1. The second kappa shape index (κ2) is 11.3. The average Bonchev–Trinajstić information content (AvgIpc) is 3.31. The van der Waals surface area contributed by atoms with E-state index in [1.165, 1.54) is 23.9 Å². The standard InChI is InChI=1S/C26H23FN4O2S/c1-18(34-26-29-24(30-31-26)16-9-19-7-10-21(27)11-8-19)25(32)28-22-12-14-23(15-13-22)33-17-20-5-3-2-4-6-20/h2-16,18H,17H2,1H3,(H,28,32)(H,29,30,31)/b16-9+. The molecule has 3 aromatic carbocycles. The van der Waals surface area contributed by atoms with Gasteiger partial charge in [-0.15, -0.1) is 5.10 Å². The molecule has 34 heavy (non-hydrogen) atoms. The SMILES string of the molecule is CC(Sc1n[nH]c(/C=C/c2ccc(F)cc2)n1)C(=O)Nc1ccc(OCc2ccccc2)cc1. The number of benzene rings is 3. The zero-order valence-corrected chi connectivity index (χ0v) is 19.3. The molecule has 172 valence electrons. The summed E-state index contributed by atoms with van der Waals surface area (Å²) in [6.07, 6.45) is 3.55. The summed E-state index contributed by atoms with van der Waals surface area (Å²) >= 11 is 1.25. The Balaban J connectivity index is 1.26. The molecule has 1 heterocycles. The maximum absolute atomic E-state index is 13.0. The monoisotopic (exact) mass is 474 g/mol. The Morgan fingerprint density at radius 3 is 2.53 bits per heavy atom. The number of hydrogen-bond acceptors (Lipinski definition) is 5. The maximum atomic E-state index is 13.0. The molecule has 0 saturated heterocycles. The number of carbonyl (C=O) groups excluding carboxylic acids is 1. The lowest BCUT2D eigenvalue weighted by Crippen LogP contribution is -2.22. The minimum absolute atomic E-state index is 0.156. The maximum Gasteiger partial charge on any atom is 0.237 e. The van der Waals surface area contributed by atoms with Gasteiger partial charge in [-0.1, -0.05) is 60.3 Å². The Hall–Kier alpha value is -3.91. The normalized spacial score (nSPS) is 11.9. The molecular weight excluding hydrogens is 451 g/mol. The summed E-state index contributed by atoms with van der Waals surface area (Å²) in [5, 5.41) is 9.93. The molecule has 8 heteroatoms. The molecule has 1 atom stereocenters. The number of anilines is 1. The highest BCUT2D eigenvalue weighted by Gasteiger charge is 2.17. The van der Waals surface area contributed by atoms with E-state index in [0.29, 0.717) is 23.3 Å². The molecule has 0 saturated carbocycles. The van der Waals surface area contributed by atoms with Gasteiger partial charge in [-0.25, -0.2) is 9.37 Å². The highest BCUT2D eigenvalue weighted by Crippen LogP contribution is 2.22. The van der Waals surface area contributed by atoms with Gasteiger partial charge in [0.05, 0.1) is 5.25 Å². The van der Waals surface area contributed by atoms with Crippen LogP contribution in [-0.4, -0.2) is 26.3 Å². The van der Waals surface area contributed by atoms with E-state index in [4.69, 9.17) is 4.74 Å². The van der Waals surface area contributed by atoms with Crippen molar-refractivity contribution < 1.29 is 13.9 Å². The zero-order valence-electron chi connectivity index (χ0n) is 18.4. The average molecular weight is 475 g/mol. The summed E-state index contributed by atoms with van der Waals surface area (Å²) in [4.78, 5) is 17.0. The van der Waals surface area contributed by atoms with E-state index in [1.54, 1.807) is 43.3 Å². The van der Waals surface area contributed by atoms with E-state index in [1.807, 2.05) is 42.5 Å². The summed E-state index contributed by atoms with van der Waals surface area (Å²) in [5.41, 5.74) is 2.62. The van der Waals surface area contributed by atoms with Gasteiger partial charge in [0.15, 0.2) is 0 Å². The smallest absolute Gasteiger partial charge is 0.237 e. The molecule has 0 aliphatic rings. The van der Waals surface area contributed by atoms with Crippen LogP contribution in [0.25, 0.3) is 12.2 Å². The molecule has 0 spiro atoms. The fourth-order valence-electron chi connectivity index (χ4n) is 2.97. The Kier molecular flexibility index (Phi) is 7.72. The van der Waals surface area contributed by atoms with Crippen LogP contribution < -0.4 is 10.1 Å². The zero-order chi connectivity index (χ0) is 23.8. The molecule has 0 radical (unpaired) electrons. The third kappa shape index (κ3) is 6.79. The third-order valence-corrected chi connectivity index (χ3v) is 5.77. The highest BCUT2D eigenvalue weighted by molar-refractivity contribution is 8.00. The lowest BCUT2D eigenvalue weighted by Gasteiger charge is -2.11. The van der Waals surface area contributed by atoms with Gasteiger partial charge < -0.3 is 10.1 Å². The Labute approximate surface area is 201 Å². The molecule has 2 N–H and O–H groups in total. The van der Waals surface area contributed by atoms with Crippen LogP contribution in [0.15, 0.2) is 84.0 Å². The fraction of sp³-hybridized carbons (Fsp3) is 0.115. The first-order chi connectivity index (χ1) is 16.5. The lowest BCUT2D eigenvalue weighted by molar-refractivity contribution is -0.115. The van der Waals surface area contributed by atoms with Crippen molar-refractivity contribution in [3.63, 3.8) is 0 Å². The molecule has 1 amide bonds. The van der Waals surface area contributed by atoms with Crippen molar-refractivity contribution in [1.29, 1.82) is 0 Å². The predicted octanol–water partition coefficient (Wildman–Crippen LogP) is 5.81. The highest BCUT2D eigenvalue weighted by atomic mass is 32.2. The second-order valence-corrected chi connectivity index (χ2v) is 8.74. The number of ether oxygens (including phenoxy) is 1. The molecule has 4 rings (SSSR count). The van der Waals surface area contributed by atoms with Crippen LogP contribution >= 0.6 is 11.8 Å². The van der Waals surface area contributed by atoms with Crippen LogP contribution in [0.3, 0.4) is 0 Å². The van der Waals surface area contributed by atoms with Crippen LogP contribution in [-0.2, 0) is 11.4 Å². The molecule has 1 aromatic heterocycles. The van der Waals surface area contributed by atoms with Crippen molar-refractivity contribution in [3.05, 3.63) is 102 Å². The first-order valence-corrected chi connectivity index (χ1v) is 11.5. The van der Waals surface area contributed by atoms with Crippen LogP contribution in [0.4, 0.5) is 10.1 Å². The number of carbonyl (C=O) groups is 1. The number of H-pyrrole nitrogens is 1. The Morgan fingerprint density at radius 1 is 1.06 bits per heavy atom. The van der Waals surface area contributed by atoms with Crippen LogP contribution in [0, 0.1) is 5.82 Å². The van der Waals surface area contributed by atoms with Gasteiger partial charge in [-0.05, 0) is 60.5 Å². The minimum atomic E-state index is -0.404. The van der Waals surface area contributed by atoms with Crippen molar-refractivity contribution >= 4 is 35.5 Å². The predicted molar refractivity (Wildman–Crippen MR) is 133 cm³/mol. The minimum Gasteiger partial charge on any atom is -0.489 e. The summed E-state index contributed by atoms with van der Waals surface area (Å²) in [7, 11) is 0. The number of halogens is 1. The van der Waals surface area contributed by atoms with Crippen molar-refractivity contribution in [2.45, 2.75) is 23.9 Å². The van der Waals surface area contributed by atoms with E-state index in [0.717, 1.165) is 16.9 Å².